The van der Waals surface area contributed by atoms with E-state index in [1.54, 1.807) is 7.11 Å². The maximum atomic E-state index is 13.0. The summed E-state index contributed by atoms with van der Waals surface area (Å²) in [5.74, 6) is 1.48. The molecule has 1 aliphatic heterocycles. The van der Waals surface area contributed by atoms with Crippen LogP contribution in [-0.4, -0.2) is 39.3 Å². The molecular weight excluding hydrogens is 332 g/mol. The molecule has 1 aromatic heterocycles. The van der Waals surface area contributed by atoms with Crippen molar-refractivity contribution >= 4 is 16.9 Å². The van der Waals surface area contributed by atoms with E-state index in [4.69, 9.17) is 13.9 Å². The van der Waals surface area contributed by atoms with Gasteiger partial charge in [0.05, 0.1) is 24.7 Å². The third kappa shape index (κ3) is 3.71. The average Bonchev–Trinajstić information content (AvgIpc) is 3.08. The van der Waals surface area contributed by atoms with Crippen LogP contribution < -0.4 is 15.4 Å². The third-order valence-corrected chi connectivity index (χ3v) is 5.06. The van der Waals surface area contributed by atoms with Crippen LogP contribution in [0.4, 0.5) is 0 Å². The van der Waals surface area contributed by atoms with Crippen molar-refractivity contribution in [2.24, 2.45) is 5.41 Å². The molecular formula is C20H28N2O4. The number of carbonyl (C=O) groups excluding carboxylic acids is 1. The molecule has 1 atom stereocenters. The number of nitrogens with one attached hydrogen (secondary N) is 2. The molecule has 1 aromatic carbocycles. The minimum Gasteiger partial charge on any atom is -0.490 e. The van der Waals surface area contributed by atoms with E-state index in [1.807, 2.05) is 38.1 Å². The van der Waals surface area contributed by atoms with Gasteiger partial charge in [-0.05, 0) is 51.9 Å². The number of rotatable bonds is 7. The van der Waals surface area contributed by atoms with E-state index in [0.717, 1.165) is 48.4 Å². The summed E-state index contributed by atoms with van der Waals surface area (Å²) in [4.78, 5) is 13.0. The third-order valence-electron chi connectivity index (χ3n) is 5.06. The Morgan fingerprint density at radius 3 is 2.85 bits per heavy atom. The summed E-state index contributed by atoms with van der Waals surface area (Å²) in [5.41, 5.74) is 0.246. The molecule has 26 heavy (non-hydrogen) atoms. The molecule has 0 aliphatic carbocycles. The van der Waals surface area contributed by atoms with E-state index in [2.05, 4.69) is 10.6 Å². The molecule has 1 aliphatic rings. The van der Waals surface area contributed by atoms with Gasteiger partial charge in [-0.3, -0.25) is 4.79 Å². The van der Waals surface area contributed by atoms with Crippen molar-refractivity contribution in [2.45, 2.75) is 32.7 Å². The predicted octanol–water partition coefficient (Wildman–Crippen LogP) is 3.02. The van der Waals surface area contributed by atoms with Crippen LogP contribution in [0.3, 0.4) is 0 Å². The van der Waals surface area contributed by atoms with Crippen molar-refractivity contribution < 1.29 is 18.7 Å². The molecule has 1 fully saturated rings. The zero-order valence-electron chi connectivity index (χ0n) is 15.8. The summed E-state index contributed by atoms with van der Waals surface area (Å²) in [6.45, 7) is 6.55. The summed E-state index contributed by atoms with van der Waals surface area (Å²) in [7, 11) is 1.65. The predicted molar refractivity (Wildman–Crippen MR) is 100 cm³/mol. The quantitative estimate of drug-likeness (QED) is 0.794. The molecule has 0 radical (unpaired) electrons. The normalized spacial score (nSPS) is 17.8. The zero-order chi connectivity index (χ0) is 18.6. The highest BCUT2D eigenvalue weighted by Gasteiger charge is 2.40. The Morgan fingerprint density at radius 2 is 2.15 bits per heavy atom. The Hall–Kier alpha value is -2.05. The number of benzene rings is 1. The second kappa shape index (κ2) is 8.10. The number of carbonyl (C=O) groups is 1. The summed E-state index contributed by atoms with van der Waals surface area (Å²) >= 11 is 0. The number of hydrogen-bond acceptors (Lipinski definition) is 5. The van der Waals surface area contributed by atoms with E-state index in [0.29, 0.717) is 13.2 Å². The van der Waals surface area contributed by atoms with E-state index >= 15 is 0 Å². The minimum absolute atomic E-state index is 0.0267. The molecule has 0 bridgehead atoms. The van der Waals surface area contributed by atoms with Crippen LogP contribution in [0.15, 0.2) is 28.7 Å². The fourth-order valence-electron chi connectivity index (χ4n) is 3.58. The SMILES string of the molecule is CCOc1cccc2cc(C(C)NC(=O)C3(COC)CCNCC3)oc12. The lowest BCUT2D eigenvalue weighted by atomic mass is 9.78. The highest BCUT2D eigenvalue weighted by Crippen LogP contribution is 2.33. The number of piperidine rings is 1. The summed E-state index contributed by atoms with van der Waals surface area (Å²) < 4.78 is 17.0. The maximum absolute atomic E-state index is 13.0. The number of fused-ring (bicyclic) bond motifs is 1. The van der Waals surface area contributed by atoms with Crippen molar-refractivity contribution in [3.05, 3.63) is 30.0 Å². The molecule has 1 unspecified atom stereocenters. The first-order valence-electron chi connectivity index (χ1n) is 9.25. The molecule has 6 nitrogen and oxygen atoms in total. The molecule has 0 spiro atoms. The Morgan fingerprint density at radius 1 is 1.38 bits per heavy atom. The van der Waals surface area contributed by atoms with Crippen molar-refractivity contribution in [3.8, 4) is 5.75 Å². The van der Waals surface area contributed by atoms with Crippen LogP contribution in [0.25, 0.3) is 11.0 Å². The first-order valence-corrected chi connectivity index (χ1v) is 9.25. The first-order chi connectivity index (χ1) is 12.6. The van der Waals surface area contributed by atoms with Gasteiger partial charge in [-0.2, -0.15) is 0 Å². The molecule has 6 heteroatoms. The minimum atomic E-state index is -0.475. The molecule has 1 saturated heterocycles. The number of furan rings is 1. The molecule has 2 heterocycles. The largest absolute Gasteiger partial charge is 0.490 e. The molecule has 3 rings (SSSR count). The van der Waals surface area contributed by atoms with Gasteiger partial charge in [0.2, 0.25) is 5.91 Å². The highest BCUT2D eigenvalue weighted by molar-refractivity contribution is 5.85. The number of hydrogen-bond donors (Lipinski definition) is 2. The number of ether oxygens (including phenoxy) is 2. The van der Waals surface area contributed by atoms with Crippen LogP contribution in [0.2, 0.25) is 0 Å². The number of methoxy groups -OCH3 is 1. The van der Waals surface area contributed by atoms with Gasteiger partial charge in [0.1, 0.15) is 5.76 Å². The van der Waals surface area contributed by atoms with Crippen LogP contribution >= 0.6 is 0 Å². The lowest BCUT2D eigenvalue weighted by Crippen LogP contribution is -2.50. The van der Waals surface area contributed by atoms with E-state index in [1.165, 1.54) is 0 Å². The second-order valence-corrected chi connectivity index (χ2v) is 6.91. The Bertz CT molecular complexity index is 744. The van der Waals surface area contributed by atoms with E-state index in [9.17, 15) is 4.79 Å². The van der Waals surface area contributed by atoms with Crippen LogP contribution in [0, 0.1) is 5.41 Å². The monoisotopic (exact) mass is 360 g/mol. The fraction of sp³-hybridized carbons (Fsp3) is 0.550. The Labute approximate surface area is 154 Å². The molecule has 2 aromatic rings. The van der Waals surface area contributed by atoms with E-state index in [-0.39, 0.29) is 11.9 Å². The lowest BCUT2D eigenvalue weighted by Gasteiger charge is -2.36. The maximum Gasteiger partial charge on any atom is 0.229 e. The first kappa shape index (κ1) is 18.7. The van der Waals surface area contributed by atoms with Gasteiger partial charge in [0.15, 0.2) is 11.3 Å². The number of para-hydroxylation sites is 1. The molecule has 142 valence electrons. The van der Waals surface area contributed by atoms with Gasteiger partial charge < -0.3 is 24.5 Å². The molecule has 0 saturated carbocycles. The lowest BCUT2D eigenvalue weighted by molar-refractivity contribution is -0.137. The number of amides is 1. The Balaban J connectivity index is 1.78. The average molecular weight is 360 g/mol. The van der Waals surface area contributed by atoms with Crippen molar-refractivity contribution in [1.29, 1.82) is 0 Å². The second-order valence-electron chi connectivity index (χ2n) is 6.91. The van der Waals surface area contributed by atoms with Gasteiger partial charge >= 0.3 is 0 Å². The van der Waals surface area contributed by atoms with Gasteiger partial charge in [-0.25, -0.2) is 0 Å². The van der Waals surface area contributed by atoms with Gasteiger partial charge in [-0.1, -0.05) is 12.1 Å². The van der Waals surface area contributed by atoms with Crippen LogP contribution in [0.5, 0.6) is 5.75 Å². The smallest absolute Gasteiger partial charge is 0.229 e. The van der Waals surface area contributed by atoms with Crippen LogP contribution in [-0.2, 0) is 9.53 Å². The van der Waals surface area contributed by atoms with Gasteiger partial charge in [-0.15, -0.1) is 0 Å². The standard InChI is InChI=1S/C20H28N2O4/c1-4-25-16-7-5-6-15-12-17(26-18(15)16)14(2)22-19(23)20(13-24-3)8-10-21-11-9-20/h5-7,12,14,21H,4,8-11,13H2,1-3H3,(H,22,23). The fourth-order valence-corrected chi connectivity index (χ4v) is 3.58. The summed E-state index contributed by atoms with van der Waals surface area (Å²) in [6.07, 6.45) is 1.54. The highest BCUT2D eigenvalue weighted by atomic mass is 16.5. The van der Waals surface area contributed by atoms with Crippen molar-refractivity contribution in [1.82, 2.24) is 10.6 Å². The van der Waals surface area contributed by atoms with Gasteiger partial charge in [0, 0.05) is 12.5 Å². The van der Waals surface area contributed by atoms with Crippen molar-refractivity contribution in [3.63, 3.8) is 0 Å². The zero-order valence-corrected chi connectivity index (χ0v) is 15.8. The van der Waals surface area contributed by atoms with Crippen LogP contribution in [0.1, 0.15) is 38.5 Å². The molecule has 2 N–H and O–H groups in total. The molecule has 1 amide bonds. The summed E-state index contributed by atoms with van der Waals surface area (Å²) in [5, 5.41) is 7.40. The van der Waals surface area contributed by atoms with Crippen molar-refractivity contribution in [2.75, 3.05) is 33.4 Å². The topological polar surface area (TPSA) is 72.7 Å². The van der Waals surface area contributed by atoms with Gasteiger partial charge in [0.25, 0.3) is 0 Å². The summed E-state index contributed by atoms with van der Waals surface area (Å²) in [6, 6.07) is 7.56. The Kier molecular flexibility index (Phi) is 5.84. The van der Waals surface area contributed by atoms with E-state index < -0.39 is 5.41 Å².